The summed E-state index contributed by atoms with van der Waals surface area (Å²) in [6.45, 7) is 3.37. The van der Waals surface area contributed by atoms with Crippen molar-refractivity contribution in [2.24, 2.45) is 0 Å². The Morgan fingerprint density at radius 3 is 2.58 bits per heavy atom. The Bertz CT molecular complexity index is 177. The third kappa shape index (κ3) is 6.77. The molecular formula is C5H12O5P2. The summed E-state index contributed by atoms with van der Waals surface area (Å²) in [5.74, 6) is 0. The molecule has 2 unspecified atom stereocenters. The molecule has 0 heterocycles. The molecule has 12 heavy (non-hydrogen) atoms. The lowest BCUT2D eigenvalue weighted by atomic mass is 10.4. The van der Waals surface area contributed by atoms with Crippen molar-refractivity contribution in [1.82, 2.24) is 0 Å². The largest absolute Gasteiger partial charge is 0.499 e. The fraction of sp³-hybridized carbons (Fsp3) is 0.600. The maximum absolute atomic E-state index is 10.3. The van der Waals surface area contributed by atoms with Crippen molar-refractivity contribution in [3.8, 4) is 0 Å². The Morgan fingerprint density at radius 1 is 1.67 bits per heavy atom. The van der Waals surface area contributed by atoms with Crippen LogP contribution in [0.3, 0.4) is 0 Å². The van der Waals surface area contributed by atoms with Crippen LogP contribution in [0.1, 0.15) is 0 Å². The van der Waals surface area contributed by atoms with Crippen molar-refractivity contribution >= 4 is 17.1 Å². The molecule has 0 radical (unpaired) electrons. The van der Waals surface area contributed by atoms with Gasteiger partial charge in [-0.05, 0) is 6.16 Å². The Kier molecular flexibility index (Phi) is 5.72. The van der Waals surface area contributed by atoms with Gasteiger partial charge in [-0.25, -0.2) is 4.57 Å². The highest BCUT2D eigenvalue weighted by Gasteiger charge is 2.20. The third-order valence-electron chi connectivity index (χ3n) is 0.949. The van der Waals surface area contributed by atoms with Crippen molar-refractivity contribution < 1.29 is 23.6 Å². The maximum atomic E-state index is 10.3. The van der Waals surface area contributed by atoms with Gasteiger partial charge in [0.1, 0.15) is 12.7 Å². The van der Waals surface area contributed by atoms with Crippen LogP contribution in [0.25, 0.3) is 0 Å². The first kappa shape index (κ1) is 12.1. The van der Waals surface area contributed by atoms with Crippen LogP contribution in [-0.4, -0.2) is 28.7 Å². The molecule has 7 heteroatoms. The highest BCUT2D eigenvalue weighted by molar-refractivity contribution is 7.46. The normalized spacial score (nSPS) is 13.9. The fourth-order valence-corrected chi connectivity index (χ4v) is 1.44. The van der Waals surface area contributed by atoms with E-state index in [1.807, 2.05) is 0 Å². The van der Waals surface area contributed by atoms with Gasteiger partial charge in [-0.1, -0.05) is 6.58 Å². The number of hydrogen-bond acceptors (Lipinski definition) is 3. The van der Waals surface area contributed by atoms with Gasteiger partial charge in [-0.15, -0.1) is 9.24 Å². The number of rotatable bonds is 6. The van der Waals surface area contributed by atoms with E-state index in [1.165, 1.54) is 6.26 Å². The number of phosphoric acid groups is 1. The predicted molar refractivity (Wildman–Crippen MR) is 47.6 cm³/mol. The number of phosphoric ester groups is 1. The second-order valence-corrected chi connectivity index (χ2v) is 3.62. The Morgan fingerprint density at radius 2 is 2.25 bits per heavy atom. The average molecular weight is 214 g/mol. The minimum Gasteiger partial charge on any atom is -0.499 e. The van der Waals surface area contributed by atoms with Gasteiger partial charge in [0.15, 0.2) is 0 Å². The summed E-state index contributed by atoms with van der Waals surface area (Å²) < 4.78 is 19.4. The first-order valence-electron chi connectivity index (χ1n) is 3.16. The Labute approximate surface area is 73.2 Å². The SMILES string of the molecule is C=COCC(CP)OP(=O)(O)O. The molecule has 0 aliphatic rings. The number of ether oxygens (including phenoxy) is 1. The number of hydrogen-bond donors (Lipinski definition) is 2. The molecule has 2 N–H and O–H groups in total. The Balaban J connectivity index is 3.83. The summed E-state index contributed by atoms with van der Waals surface area (Å²) >= 11 is 0. The zero-order valence-corrected chi connectivity index (χ0v) is 8.47. The van der Waals surface area contributed by atoms with Gasteiger partial charge < -0.3 is 14.5 Å². The van der Waals surface area contributed by atoms with Crippen LogP contribution >= 0.6 is 17.1 Å². The molecule has 0 saturated carbocycles. The second-order valence-electron chi connectivity index (χ2n) is 1.95. The van der Waals surface area contributed by atoms with E-state index in [2.05, 4.69) is 20.3 Å². The van der Waals surface area contributed by atoms with Gasteiger partial charge in [0.05, 0.1) is 6.26 Å². The maximum Gasteiger partial charge on any atom is 0.469 e. The standard InChI is InChI=1S/C5H12O5P2/c1-2-9-3-5(4-11)10-12(6,7)8/h2,5H,1,3-4,11H2,(H2,6,7,8). The smallest absolute Gasteiger partial charge is 0.469 e. The monoisotopic (exact) mass is 214 g/mol. The van der Waals surface area contributed by atoms with E-state index in [1.54, 1.807) is 0 Å². The molecule has 0 aliphatic heterocycles. The lowest BCUT2D eigenvalue weighted by molar-refractivity contribution is 0.0864. The molecule has 72 valence electrons. The van der Waals surface area contributed by atoms with Gasteiger partial charge in [0, 0.05) is 0 Å². The summed E-state index contributed by atoms with van der Waals surface area (Å²) in [5.41, 5.74) is 0. The topological polar surface area (TPSA) is 76.0 Å². The molecule has 2 atom stereocenters. The first-order chi connectivity index (χ1) is 5.49. The molecule has 0 bridgehead atoms. The van der Waals surface area contributed by atoms with Crippen LogP contribution in [0.2, 0.25) is 0 Å². The lowest BCUT2D eigenvalue weighted by Gasteiger charge is -2.15. The van der Waals surface area contributed by atoms with Crippen molar-refractivity contribution in [3.63, 3.8) is 0 Å². The second kappa shape index (κ2) is 5.68. The molecule has 0 fully saturated rings. The molecule has 0 aliphatic carbocycles. The third-order valence-corrected chi connectivity index (χ3v) is 2.05. The first-order valence-corrected chi connectivity index (χ1v) is 5.51. The molecule has 0 rings (SSSR count). The van der Waals surface area contributed by atoms with E-state index in [4.69, 9.17) is 14.5 Å². The van der Waals surface area contributed by atoms with Crippen molar-refractivity contribution in [1.29, 1.82) is 0 Å². The van der Waals surface area contributed by atoms with Gasteiger partial charge in [0.25, 0.3) is 0 Å². The summed E-state index contributed by atoms with van der Waals surface area (Å²) in [6, 6.07) is 0. The molecular weight excluding hydrogens is 202 g/mol. The minimum absolute atomic E-state index is 0.0815. The lowest BCUT2D eigenvalue weighted by Crippen LogP contribution is -2.18. The van der Waals surface area contributed by atoms with Crippen molar-refractivity contribution in [2.75, 3.05) is 12.8 Å². The van der Waals surface area contributed by atoms with Gasteiger partial charge in [0.2, 0.25) is 0 Å². The van der Waals surface area contributed by atoms with E-state index >= 15 is 0 Å². The molecule has 0 spiro atoms. The quantitative estimate of drug-likeness (QED) is 0.497. The van der Waals surface area contributed by atoms with Crippen LogP contribution in [0.5, 0.6) is 0 Å². The Hall–Kier alpha value is 0.0800. The van der Waals surface area contributed by atoms with Crippen LogP contribution in [0, 0.1) is 0 Å². The zero-order chi connectivity index (χ0) is 9.61. The van der Waals surface area contributed by atoms with E-state index < -0.39 is 13.9 Å². The predicted octanol–water partition coefficient (Wildman–Crippen LogP) is 0.499. The minimum atomic E-state index is -4.41. The zero-order valence-electron chi connectivity index (χ0n) is 6.42. The van der Waals surface area contributed by atoms with Gasteiger partial charge >= 0.3 is 7.82 Å². The summed E-state index contributed by atoms with van der Waals surface area (Å²) in [7, 11) is -2.10. The van der Waals surface area contributed by atoms with Crippen molar-refractivity contribution in [3.05, 3.63) is 12.8 Å². The van der Waals surface area contributed by atoms with E-state index in [0.717, 1.165) is 0 Å². The van der Waals surface area contributed by atoms with Crippen LogP contribution in [-0.2, 0) is 13.8 Å². The summed E-state index contributed by atoms with van der Waals surface area (Å²) in [6.07, 6.45) is 0.948. The highest BCUT2D eigenvalue weighted by Crippen LogP contribution is 2.37. The van der Waals surface area contributed by atoms with Gasteiger partial charge in [-0.3, -0.25) is 4.52 Å². The van der Waals surface area contributed by atoms with E-state index in [9.17, 15) is 4.57 Å². The molecule has 0 aromatic rings. The van der Waals surface area contributed by atoms with Crippen LogP contribution in [0.4, 0.5) is 0 Å². The average Bonchev–Trinajstić information content (AvgIpc) is 1.95. The van der Waals surface area contributed by atoms with Crippen LogP contribution < -0.4 is 0 Å². The summed E-state index contributed by atoms with van der Waals surface area (Å²) in [4.78, 5) is 16.8. The van der Waals surface area contributed by atoms with E-state index in [0.29, 0.717) is 6.16 Å². The van der Waals surface area contributed by atoms with E-state index in [-0.39, 0.29) is 6.61 Å². The van der Waals surface area contributed by atoms with Crippen molar-refractivity contribution in [2.45, 2.75) is 6.10 Å². The van der Waals surface area contributed by atoms with Crippen LogP contribution in [0.15, 0.2) is 12.8 Å². The summed E-state index contributed by atoms with van der Waals surface area (Å²) in [5, 5.41) is 0. The molecule has 0 aromatic heterocycles. The molecule has 0 aromatic carbocycles. The fourth-order valence-electron chi connectivity index (χ4n) is 0.511. The molecule has 0 amide bonds. The molecule has 0 saturated heterocycles. The highest BCUT2D eigenvalue weighted by atomic mass is 31.2. The molecule has 5 nitrogen and oxygen atoms in total. The van der Waals surface area contributed by atoms with Gasteiger partial charge in [-0.2, -0.15) is 0 Å².